The molecule has 4 nitrogen and oxygen atoms in total. The normalized spacial score (nSPS) is 14.3. The van der Waals surface area contributed by atoms with Crippen LogP contribution in [-0.4, -0.2) is 29.9 Å². The summed E-state index contributed by atoms with van der Waals surface area (Å²) >= 11 is 0. The first-order valence-corrected chi connectivity index (χ1v) is 4.62. The van der Waals surface area contributed by atoms with Gasteiger partial charge in [0.25, 0.3) is 0 Å². The zero-order valence-corrected chi connectivity index (χ0v) is 8.46. The number of aliphatic hydroxyl groups is 2. The van der Waals surface area contributed by atoms with Gasteiger partial charge in [0.2, 0.25) is 0 Å². The van der Waals surface area contributed by atoms with Crippen molar-refractivity contribution >= 4 is 5.97 Å². The highest BCUT2D eigenvalue weighted by Gasteiger charge is 2.27. The average Bonchev–Trinajstić information content (AvgIpc) is 2.30. The number of hydrogen-bond donors (Lipinski definition) is 2. The van der Waals surface area contributed by atoms with Crippen molar-refractivity contribution in [1.82, 2.24) is 0 Å². The molecule has 0 heterocycles. The van der Waals surface area contributed by atoms with Gasteiger partial charge >= 0.3 is 5.97 Å². The molecule has 0 spiro atoms. The molecule has 0 aliphatic rings. The molecule has 1 rings (SSSR count). The summed E-state index contributed by atoms with van der Waals surface area (Å²) in [5.74, 6) is -1.55. The summed E-state index contributed by atoms with van der Waals surface area (Å²) in [6.45, 7) is -0.442. The summed E-state index contributed by atoms with van der Waals surface area (Å²) < 4.78 is 4.49. The van der Waals surface area contributed by atoms with E-state index in [1.165, 1.54) is 7.11 Å². The van der Waals surface area contributed by atoms with Crippen LogP contribution < -0.4 is 0 Å². The van der Waals surface area contributed by atoms with E-state index in [1.807, 2.05) is 6.07 Å². The van der Waals surface area contributed by atoms with Crippen molar-refractivity contribution in [3.8, 4) is 0 Å². The predicted octanol–water partition coefficient (Wildman–Crippen LogP) is 0.501. The maximum Gasteiger partial charge on any atom is 0.314 e. The number of esters is 1. The molecule has 2 N–H and O–H groups in total. The number of ether oxygens (including phenoxy) is 1. The quantitative estimate of drug-likeness (QED) is 0.710. The van der Waals surface area contributed by atoms with Gasteiger partial charge in [-0.15, -0.1) is 0 Å². The number of methoxy groups -OCH3 is 1. The van der Waals surface area contributed by atoms with Gasteiger partial charge in [-0.25, -0.2) is 0 Å². The van der Waals surface area contributed by atoms with Crippen molar-refractivity contribution in [2.75, 3.05) is 13.7 Å². The predicted molar refractivity (Wildman–Crippen MR) is 54.0 cm³/mol. The van der Waals surface area contributed by atoms with Gasteiger partial charge < -0.3 is 14.9 Å². The smallest absolute Gasteiger partial charge is 0.314 e. The Hall–Kier alpha value is -1.39. The number of aliphatic hydroxyl groups excluding tert-OH is 2. The van der Waals surface area contributed by atoms with E-state index in [2.05, 4.69) is 4.74 Å². The third-order valence-corrected chi connectivity index (χ3v) is 2.22. The molecule has 0 saturated carbocycles. The summed E-state index contributed by atoms with van der Waals surface area (Å²) in [5, 5.41) is 18.8. The molecule has 15 heavy (non-hydrogen) atoms. The van der Waals surface area contributed by atoms with Crippen LogP contribution in [0.1, 0.15) is 11.7 Å². The molecule has 0 saturated heterocycles. The van der Waals surface area contributed by atoms with E-state index in [0.29, 0.717) is 5.56 Å². The molecule has 82 valence electrons. The van der Waals surface area contributed by atoms with Crippen molar-refractivity contribution < 1.29 is 19.7 Å². The molecule has 4 heteroatoms. The number of carbonyl (C=O) groups is 1. The first-order valence-electron chi connectivity index (χ1n) is 4.62. The van der Waals surface area contributed by atoms with E-state index in [9.17, 15) is 9.90 Å². The Morgan fingerprint density at radius 3 is 2.47 bits per heavy atom. The van der Waals surface area contributed by atoms with E-state index in [0.717, 1.165) is 0 Å². The monoisotopic (exact) mass is 210 g/mol. The maximum atomic E-state index is 11.2. The summed E-state index contributed by atoms with van der Waals surface area (Å²) in [4.78, 5) is 11.2. The lowest BCUT2D eigenvalue weighted by molar-refractivity contribution is -0.151. The van der Waals surface area contributed by atoms with Crippen molar-refractivity contribution in [2.24, 2.45) is 5.92 Å². The molecule has 0 fully saturated rings. The lowest BCUT2D eigenvalue weighted by atomic mass is 9.96. The number of benzene rings is 1. The maximum absolute atomic E-state index is 11.2. The number of hydrogen-bond acceptors (Lipinski definition) is 4. The first kappa shape index (κ1) is 11.7. The highest BCUT2D eigenvalue weighted by Crippen LogP contribution is 2.22. The fourth-order valence-electron chi connectivity index (χ4n) is 1.34. The fourth-order valence-corrected chi connectivity index (χ4v) is 1.34. The van der Waals surface area contributed by atoms with Gasteiger partial charge in [-0.2, -0.15) is 0 Å². The third kappa shape index (κ3) is 2.78. The Morgan fingerprint density at radius 1 is 1.40 bits per heavy atom. The summed E-state index contributed by atoms with van der Waals surface area (Å²) in [7, 11) is 1.22. The van der Waals surface area contributed by atoms with Crippen LogP contribution in [0.4, 0.5) is 0 Å². The van der Waals surface area contributed by atoms with Gasteiger partial charge in [0.1, 0.15) is 5.92 Å². The molecule has 1 aromatic rings. The van der Waals surface area contributed by atoms with Crippen molar-refractivity contribution in [3.05, 3.63) is 35.9 Å². The minimum atomic E-state index is -1.04. The molecular formula is C11H14O4. The lowest BCUT2D eigenvalue weighted by Crippen LogP contribution is -2.26. The standard InChI is InChI=1S/C11H14O4/c1-15-11(14)9(7-12)10(13)8-5-3-2-4-6-8/h2-6,9-10,12-13H,7H2,1H3. The van der Waals surface area contributed by atoms with E-state index < -0.39 is 24.6 Å². The Bertz CT molecular complexity index is 310. The average molecular weight is 210 g/mol. The molecule has 2 unspecified atom stereocenters. The Balaban J connectivity index is 2.82. The zero-order valence-electron chi connectivity index (χ0n) is 8.46. The number of rotatable bonds is 4. The van der Waals surface area contributed by atoms with Gasteiger partial charge in [-0.3, -0.25) is 4.79 Å². The zero-order chi connectivity index (χ0) is 11.3. The van der Waals surface area contributed by atoms with Gasteiger partial charge in [0, 0.05) is 0 Å². The highest BCUT2D eigenvalue weighted by molar-refractivity contribution is 5.73. The Kier molecular flexibility index (Phi) is 4.27. The molecule has 2 atom stereocenters. The second-order valence-electron chi connectivity index (χ2n) is 3.17. The second-order valence-corrected chi connectivity index (χ2v) is 3.17. The Labute approximate surface area is 88.1 Å². The van der Waals surface area contributed by atoms with E-state index in [-0.39, 0.29) is 0 Å². The fraction of sp³-hybridized carbons (Fsp3) is 0.364. The lowest BCUT2D eigenvalue weighted by Gasteiger charge is -2.18. The minimum absolute atomic E-state index is 0.442. The van der Waals surface area contributed by atoms with Gasteiger partial charge in [0.05, 0.1) is 19.8 Å². The van der Waals surface area contributed by atoms with E-state index >= 15 is 0 Å². The van der Waals surface area contributed by atoms with Gasteiger partial charge in [-0.1, -0.05) is 30.3 Å². The molecule has 0 amide bonds. The molecule has 0 bridgehead atoms. The number of carbonyl (C=O) groups excluding carboxylic acids is 1. The summed E-state index contributed by atoms with van der Waals surface area (Å²) in [5.41, 5.74) is 0.585. The van der Waals surface area contributed by atoms with Crippen LogP contribution in [-0.2, 0) is 9.53 Å². The SMILES string of the molecule is COC(=O)C(CO)C(O)c1ccccc1. The van der Waals surface area contributed by atoms with E-state index in [1.54, 1.807) is 24.3 Å². The van der Waals surface area contributed by atoms with Crippen LogP contribution in [0.5, 0.6) is 0 Å². The van der Waals surface area contributed by atoms with Crippen LogP contribution >= 0.6 is 0 Å². The highest BCUT2D eigenvalue weighted by atomic mass is 16.5. The molecule has 1 aromatic carbocycles. The third-order valence-electron chi connectivity index (χ3n) is 2.22. The molecule has 0 aliphatic carbocycles. The van der Waals surface area contributed by atoms with Crippen molar-refractivity contribution in [2.45, 2.75) is 6.10 Å². The summed E-state index contributed by atoms with van der Waals surface area (Å²) in [6.07, 6.45) is -1.04. The van der Waals surface area contributed by atoms with Crippen molar-refractivity contribution in [3.63, 3.8) is 0 Å². The first-order chi connectivity index (χ1) is 7.20. The van der Waals surface area contributed by atoms with Crippen LogP contribution in [0.15, 0.2) is 30.3 Å². The second kappa shape index (κ2) is 5.48. The molecule has 0 aromatic heterocycles. The van der Waals surface area contributed by atoms with Crippen LogP contribution in [0, 0.1) is 5.92 Å². The van der Waals surface area contributed by atoms with Crippen LogP contribution in [0.25, 0.3) is 0 Å². The molecule has 0 radical (unpaired) electrons. The van der Waals surface area contributed by atoms with Crippen LogP contribution in [0.2, 0.25) is 0 Å². The van der Waals surface area contributed by atoms with Crippen LogP contribution in [0.3, 0.4) is 0 Å². The summed E-state index contributed by atoms with van der Waals surface area (Å²) in [6, 6.07) is 8.70. The van der Waals surface area contributed by atoms with E-state index in [4.69, 9.17) is 5.11 Å². The van der Waals surface area contributed by atoms with Gasteiger partial charge in [0.15, 0.2) is 0 Å². The van der Waals surface area contributed by atoms with Crippen molar-refractivity contribution in [1.29, 1.82) is 0 Å². The topological polar surface area (TPSA) is 66.8 Å². The molecular weight excluding hydrogens is 196 g/mol. The minimum Gasteiger partial charge on any atom is -0.469 e. The largest absolute Gasteiger partial charge is 0.469 e. The Morgan fingerprint density at radius 2 is 2.00 bits per heavy atom. The molecule has 0 aliphatic heterocycles. The van der Waals surface area contributed by atoms with Gasteiger partial charge in [-0.05, 0) is 5.56 Å².